The number of carbonyl (C=O) groups excluding carboxylic acids is 2. The van der Waals surface area contributed by atoms with Crippen LogP contribution in [0, 0.1) is 0 Å². The fraction of sp³-hybridized carbons (Fsp3) is 0.800. The van der Waals surface area contributed by atoms with Gasteiger partial charge in [-0.2, -0.15) is 0 Å². The molecule has 0 bridgehead atoms. The normalized spacial score (nSPS) is 19.9. The summed E-state index contributed by atoms with van der Waals surface area (Å²) in [5.74, 6) is -0.341. The molecular weight excluding hydrogens is 232 g/mol. The highest BCUT2D eigenvalue weighted by molar-refractivity contribution is 5.86. The van der Waals surface area contributed by atoms with Crippen molar-refractivity contribution < 1.29 is 14.3 Å². The van der Waals surface area contributed by atoms with Crippen molar-refractivity contribution in [1.29, 1.82) is 0 Å². The maximum atomic E-state index is 11.7. The van der Waals surface area contributed by atoms with E-state index in [2.05, 4.69) is 5.32 Å². The van der Waals surface area contributed by atoms with Crippen LogP contribution in [0.15, 0.2) is 0 Å². The zero-order chi connectivity index (χ0) is 11.3. The van der Waals surface area contributed by atoms with Gasteiger partial charge < -0.3 is 15.0 Å². The summed E-state index contributed by atoms with van der Waals surface area (Å²) in [6, 6.07) is -0.385. The van der Waals surface area contributed by atoms with E-state index in [1.54, 1.807) is 11.9 Å². The van der Waals surface area contributed by atoms with E-state index in [1.807, 2.05) is 0 Å². The Morgan fingerprint density at radius 2 is 2.12 bits per heavy atom. The summed E-state index contributed by atoms with van der Waals surface area (Å²) in [5.41, 5.74) is 0. The van der Waals surface area contributed by atoms with E-state index in [-0.39, 0.29) is 36.9 Å². The molecule has 1 fully saturated rings. The van der Waals surface area contributed by atoms with Crippen LogP contribution in [0.5, 0.6) is 0 Å². The number of ether oxygens (including phenoxy) is 1. The quantitative estimate of drug-likeness (QED) is 0.726. The molecule has 5 nitrogen and oxygen atoms in total. The maximum Gasteiger partial charge on any atom is 0.328 e. The molecule has 1 N–H and O–H groups in total. The molecule has 1 rings (SSSR count). The fourth-order valence-corrected chi connectivity index (χ4v) is 1.86. The van der Waals surface area contributed by atoms with Gasteiger partial charge in [0.25, 0.3) is 0 Å². The van der Waals surface area contributed by atoms with Gasteiger partial charge in [0.2, 0.25) is 5.91 Å². The number of methoxy groups -OCH3 is 1. The average molecular weight is 251 g/mol. The van der Waals surface area contributed by atoms with E-state index in [9.17, 15) is 9.59 Å². The molecule has 0 spiro atoms. The molecule has 1 heterocycles. The van der Waals surface area contributed by atoms with Gasteiger partial charge in [-0.1, -0.05) is 0 Å². The Bertz CT molecular complexity index is 248. The predicted molar refractivity (Wildman–Crippen MR) is 62.5 cm³/mol. The third-order valence-corrected chi connectivity index (χ3v) is 2.62. The van der Waals surface area contributed by atoms with Crippen molar-refractivity contribution in [2.24, 2.45) is 0 Å². The van der Waals surface area contributed by atoms with E-state index in [0.29, 0.717) is 13.0 Å². The van der Waals surface area contributed by atoms with Gasteiger partial charge in [-0.15, -0.1) is 12.4 Å². The zero-order valence-corrected chi connectivity index (χ0v) is 10.5. The lowest BCUT2D eigenvalue weighted by Gasteiger charge is -2.33. The molecule has 0 aromatic carbocycles. The monoisotopic (exact) mass is 250 g/mol. The third-order valence-electron chi connectivity index (χ3n) is 2.62. The number of piperidine rings is 1. The molecule has 0 radical (unpaired) electrons. The topological polar surface area (TPSA) is 58.6 Å². The van der Waals surface area contributed by atoms with E-state index >= 15 is 0 Å². The minimum atomic E-state index is -0.385. The number of rotatable bonds is 3. The summed E-state index contributed by atoms with van der Waals surface area (Å²) in [4.78, 5) is 24.8. The van der Waals surface area contributed by atoms with Crippen molar-refractivity contribution >= 4 is 24.3 Å². The maximum absolute atomic E-state index is 11.7. The van der Waals surface area contributed by atoms with E-state index in [0.717, 1.165) is 12.8 Å². The molecule has 1 atom stereocenters. The van der Waals surface area contributed by atoms with Gasteiger partial charge in [0, 0.05) is 6.54 Å². The number of nitrogens with zero attached hydrogens (tertiary/aromatic N) is 1. The minimum Gasteiger partial charge on any atom is -0.467 e. The Balaban J connectivity index is 0.00000225. The molecular formula is C10H19ClN2O3. The SMILES string of the molecule is CNCC(=O)N1CCCCC1C(=O)OC.Cl. The van der Waals surface area contributed by atoms with Crippen LogP contribution in [0.1, 0.15) is 19.3 Å². The van der Waals surface area contributed by atoms with Crippen molar-refractivity contribution in [3.63, 3.8) is 0 Å². The van der Waals surface area contributed by atoms with Crippen molar-refractivity contribution in [3.05, 3.63) is 0 Å². The molecule has 0 saturated carbocycles. The Morgan fingerprint density at radius 1 is 1.44 bits per heavy atom. The van der Waals surface area contributed by atoms with Crippen molar-refractivity contribution in [2.45, 2.75) is 25.3 Å². The first-order valence-electron chi connectivity index (χ1n) is 5.22. The van der Waals surface area contributed by atoms with Gasteiger partial charge in [-0.25, -0.2) is 4.79 Å². The summed E-state index contributed by atoms with van der Waals surface area (Å²) in [6.45, 7) is 0.924. The highest BCUT2D eigenvalue weighted by atomic mass is 35.5. The summed E-state index contributed by atoms with van der Waals surface area (Å²) < 4.78 is 4.70. The predicted octanol–water partition coefficient (Wildman–Crippen LogP) is 0.182. The molecule has 16 heavy (non-hydrogen) atoms. The highest BCUT2D eigenvalue weighted by Crippen LogP contribution is 2.17. The standard InChI is InChI=1S/C10H18N2O3.ClH/c1-11-7-9(13)12-6-4-3-5-8(12)10(14)15-2;/h8,11H,3-7H2,1-2H3;1H. The summed E-state index contributed by atoms with van der Waals surface area (Å²) >= 11 is 0. The molecule has 1 amide bonds. The molecule has 6 heteroatoms. The number of halogens is 1. The van der Waals surface area contributed by atoms with Crippen LogP contribution in [-0.2, 0) is 14.3 Å². The first-order chi connectivity index (χ1) is 7.20. The van der Waals surface area contributed by atoms with Crippen LogP contribution >= 0.6 is 12.4 Å². The Hall–Kier alpha value is -0.810. The molecule has 1 aliphatic heterocycles. The Morgan fingerprint density at radius 3 is 2.69 bits per heavy atom. The number of hydrogen-bond donors (Lipinski definition) is 1. The van der Waals surface area contributed by atoms with Crippen LogP contribution in [-0.4, -0.2) is 50.1 Å². The minimum absolute atomic E-state index is 0. The van der Waals surface area contributed by atoms with E-state index in [4.69, 9.17) is 4.74 Å². The molecule has 1 unspecified atom stereocenters. The van der Waals surface area contributed by atoms with Crippen LogP contribution in [0.3, 0.4) is 0 Å². The molecule has 0 aromatic rings. The number of esters is 1. The van der Waals surface area contributed by atoms with Crippen LogP contribution in [0.4, 0.5) is 0 Å². The lowest BCUT2D eigenvalue weighted by atomic mass is 10.0. The summed E-state index contributed by atoms with van der Waals surface area (Å²) in [6.07, 6.45) is 2.65. The number of amides is 1. The number of nitrogens with one attached hydrogen (secondary N) is 1. The molecule has 0 aliphatic carbocycles. The first kappa shape index (κ1) is 15.2. The van der Waals surface area contributed by atoms with Crippen LogP contribution in [0.2, 0.25) is 0 Å². The number of carbonyl (C=O) groups is 2. The van der Waals surface area contributed by atoms with Gasteiger partial charge >= 0.3 is 5.97 Å². The lowest BCUT2D eigenvalue weighted by molar-refractivity contribution is -0.154. The number of likely N-dealkylation sites (tertiary alicyclic amines) is 1. The summed E-state index contributed by atoms with van der Waals surface area (Å²) in [7, 11) is 3.08. The van der Waals surface area contributed by atoms with Crippen LogP contribution < -0.4 is 5.32 Å². The van der Waals surface area contributed by atoms with Gasteiger partial charge in [0.15, 0.2) is 0 Å². The van der Waals surface area contributed by atoms with Crippen molar-refractivity contribution in [3.8, 4) is 0 Å². The number of hydrogen-bond acceptors (Lipinski definition) is 4. The largest absolute Gasteiger partial charge is 0.467 e. The second kappa shape index (κ2) is 7.46. The Labute approximate surface area is 102 Å². The van der Waals surface area contributed by atoms with Gasteiger partial charge in [-0.3, -0.25) is 4.79 Å². The zero-order valence-electron chi connectivity index (χ0n) is 9.69. The number of likely N-dealkylation sites (N-methyl/N-ethyl adjacent to an activating group) is 1. The third kappa shape index (κ3) is 3.64. The van der Waals surface area contributed by atoms with Gasteiger partial charge in [-0.05, 0) is 26.3 Å². The van der Waals surface area contributed by atoms with E-state index < -0.39 is 0 Å². The average Bonchev–Trinajstić information content (AvgIpc) is 2.28. The molecule has 1 aliphatic rings. The van der Waals surface area contributed by atoms with Gasteiger partial charge in [0.05, 0.1) is 13.7 Å². The fourth-order valence-electron chi connectivity index (χ4n) is 1.86. The molecule has 1 saturated heterocycles. The second-order valence-electron chi connectivity index (χ2n) is 3.65. The molecule has 94 valence electrons. The molecule has 0 aromatic heterocycles. The lowest BCUT2D eigenvalue weighted by Crippen LogP contribution is -2.50. The highest BCUT2D eigenvalue weighted by Gasteiger charge is 2.32. The summed E-state index contributed by atoms with van der Waals surface area (Å²) in [5, 5.41) is 2.80. The Kier molecular flexibility index (Phi) is 7.08. The van der Waals surface area contributed by atoms with Crippen molar-refractivity contribution in [2.75, 3.05) is 27.2 Å². The van der Waals surface area contributed by atoms with Crippen molar-refractivity contribution in [1.82, 2.24) is 10.2 Å². The van der Waals surface area contributed by atoms with Gasteiger partial charge in [0.1, 0.15) is 6.04 Å². The second-order valence-corrected chi connectivity index (χ2v) is 3.65. The van der Waals surface area contributed by atoms with Crippen LogP contribution in [0.25, 0.3) is 0 Å². The first-order valence-corrected chi connectivity index (χ1v) is 5.22. The smallest absolute Gasteiger partial charge is 0.328 e. The van der Waals surface area contributed by atoms with E-state index in [1.165, 1.54) is 7.11 Å².